The van der Waals surface area contributed by atoms with Gasteiger partial charge in [-0.25, -0.2) is 21.1 Å². The van der Waals surface area contributed by atoms with Gasteiger partial charge in [0.2, 0.25) is 20.0 Å². The number of hydrogen-bond acceptors (Lipinski definition) is 7. The maximum atomic E-state index is 12.8. The second-order valence-corrected chi connectivity index (χ2v) is 11.4. The lowest BCUT2D eigenvalue weighted by molar-refractivity contribution is -0.384. The van der Waals surface area contributed by atoms with Crippen LogP contribution < -0.4 is 5.32 Å². The van der Waals surface area contributed by atoms with Gasteiger partial charge in [0.05, 0.1) is 16.1 Å². The first-order chi connectivity index (χ1) is 13.6. The molecule has 0 aromatic heterocycles. The van der Waals surface area contributed by atoms with Crippen molar-refractivity contribution in [2.75, 3.05) is 37.8 Å². The van der Waals surface area contributed by atoms with Gasteiger partial charge in [-0.05, 0) is 37.8 Å². The predicted octanol–water partition coefficient (Wildman–Crippen LogP) is 1.61. The largest absolute Gasteiger partial charge is 0.375 e. The van der Waals surface area contributed by atoms with E-state index in [1.165, 1.54) is 20.7 Å². The van der Waals surface area contributed by atoms with E-state index in [1.54, 1.807) is 0 Å². The van der Waals surface area contributed by atoms with Crippen molar-refractivity contribution in [1.82, 2.24) is 8.61 Å². The number of sulfonamides is 2. The van der Waals surface area contributed by atoms with Crippen LogP contribution in [-0.2, 0) is 20.0 Å². The van der Waals surface area contributed by atoms with Crippen molar-refractivity contribution in [1.29, 1.82) is 0 Å². The fourth-order valence-corrected chi connectivity index (χ4v) is 6.23. The highest BCUT2D eigenvalue weighted by Gasteiger charge is 2.30. The van der Waals surface area contributed by atoms with Gasteiger partial charge in [-0.1, -0.05) is 6.42 Å². The van der Waals surface area contributed by atoms with E-state index in [0.29, 0.717) is 32.5 Å². The Bertz CT molecular complexity index is 974. The number of anilines is 1. The molecule has 10 nitrogen and oxygen atoms in total. The quantitative estimate of drug-likeness (QED) is 0.519. The first kappa shape index (κ1) is 21.9. The minimum absolute atomic E-state index is 0.0990. The third-order valence-corrected chi connectivity index (χ3v) is 8.50. The van der Waals surface area contributed by atoms with E-state index in [2.05, 4.69) is 5.32 Å². The molecule has 162 valence electrons. The first-order valence-corrected chi connectivity index (χ1v) is 12.9. The van der Waals surface area contributed by atoms with Crippen molar-refractivity contribution in [2.45, 2.75) is 43.0 Å². The molecule has 0 radical (unpaired) electrons. The lowest BCUT2D eigenvalue weighted by Crippen LogP contribution is -2.44. The zero-order valence-electron chi connectivity index (χ0n) is 16.3. The van der Waals surface area contributed by atoms with E-state index in [-0.39, 0.29) is 28.9 Å². The lowest BCUT2D eigenvalue weighted by Gasteiger charge is -2.32. The number of hydrogen-bond donors (Lipinski definition) is 1. The maximum Gasteiger partial charge on any atom is 0.293 e. The van der Waals surface area contributed by atoms with Crippen molar-refractivity contribution in [3.8, 4) is 0 Å². The summed E-state index contributed by atoms with van der Waals surface area (Å²) >= 11 is 0. The Hall–Kier alpha value is -1.76. The Kier molecular flexibility index (Phi) is 6.46. The summed E-state index contributed by atoms with van der Waals surface area (Å²) in [4.78, 5) is 10.9. The van der Waals surface area contributed by atoms with Gasteiger partial charge in [0.1, 0.15) is 5.69 Å². The van der Waals surface area contributed by atoms with E-state index < -0.39 is 25.0 Å². The topological polar surface area (TPSA) is 130 Å². The van der Waals surface area contributed by atoms with E-state index in [4.69, 9.17) is 0 Å². The molecule has 0 bridgehead atoms. The molecule has 2 aliphatic heterocycles. The molecule has 1 N–H and O–H groups in total. The molecule has 0 saturated carbocycles. The number of nitro benzene ring substituents is 1. The highest BCUT2D eigenvalue weighted by molar-refractivity contribution is 7.89. The van der Waals surface area contributed by atoms with Crippen LogP contribution in [0.25, 0.3) is 0 Å². The summed E-state index contributed by atoms with van der Waals surface area (Å²) in [6.45, 7) is 1.47. The van der Waals surface area contributed by atoms with Gasteiger partial charge in [0, 0.05) is 38.3 Å². The lowest BCUT2D eigenvalue weighted by atomic mass is 10.1. The molecule has 0 aliphatic carbocycles. The van der Waals surface area contributed by atoms with Gasteiger partial charge in [-0.2, -0.15) is 4.31 Å². The Morgan fingerprint density at radius 1 is 1.03 bits per heavy atom. The second-order valence-electron chi connectivity index (χ2n) is 7.51. The summed E-state index contributed by atoms with van der Waals surface area (Å²) in [6, 6.07) is 3.57. The third-order valence-electron chi connectivity index (χ3n) is 5.33. The summed E-state index contributed by atoms with van der Waals surface area (Å²) in [5.41, 5.74) is -0.146. The van der Waals surface area contributed by atoms with Crippen LogP contribution in [-0.4, -0.2) is 68.8 Å². The third kappa shape index (κ3) is 5.05. The van der Waals surface area contributed by atoms with Gasteiger partial charge >= 0.3 is 0 Å². The Morgan fingerprint density at radius 2 is 1.69 bits per heavy atom. The minimum atomic E-state index is -3.78. The molecule has 2 saturated heterocycles. The molecule has 0 amide bonds. The summed E-state index contributed by atoms with van der Waals surface area (Å²) in [7, 11) is -7.12. The van der Waals surface area contributed by atoms with E-state index in [1.807, 2.05) is 0 Å². The van der Waals surface area contributed by atoms with Crippen molar-refractivity contribution < 1.29 is 21.8 Å². The smallest absolute Gasteiger partial charge is 0.293 e. The average Bonchev–Trinajstić information content (AvgIpc) is 2.68. The molecule has 2 fully saturated rings. The Balaban J connectivity index is 1.84. The number of nitrogens with zero attached hydrogens (tertiary/aromatic N) is 3. The zero-order valence-corrected chi connectivity index (χ0v) is 17.9. The van der Waals surface area contributed by atoms with Crippen molar-refractivity contribution >= 4 is 31.4 Å². The van der Waals surface area contributed by atoms with Crippen LogP contribution in [0.4, 0.5) is 11.4 Å². The monoisotopic (exact) mass is 446 g/mol. The summed E-state index contributed by atoms with van der Waals surface area (Å²) in [6.07, 6.45) is 4.97. The maximum absolute atomic E-state index is 12.8. The van der Waals surface area contributed by atoms with Crippen LogP contribution in [0.5, 0.6) is 0 Å². The molecule has 29 heavy (non-hydrogen) atoms. The predicted molar refractivity (Wildman–Crippen MR) is 109 cm³/mol. The molecule has 12 heteroatoms. The second kappa shape index (κ2) is 8.54. The Morgan fingerprint density at radius 3 is 2.31 bits per heavy atom. The fraction of sp³-hybridized carbons (Fsp3) is 0.647. The summed E-state index contributed by atoms with van der Waals surface area (Å²) < 4.78 is 51.9. The summed E-state index contributed by atoms with van der Waals surface area (Å²) in [5.74, 6) is 0. The molecule has 1 unspecified atom stereocenters. The number of nitro groups is 1. The van der Waals surface area contributed by atoms with E-state index in [0.717, 1.165) is 31.6 Å². The number of nitrogens with one attached hydrogen (secondary N) is 1. The molecule has 2 heterocycles. The number of rotatable bonds is 6. The molecular formula is C17H26N4O6S2. The van der Waals surface area contributed by atoms with Crippen molar-refractivity contribution in [2.24, 2.45) is 0 Å². The standard InChI is InChI=1S/C17H26N4O6S2/c1-28(24,25)20-11-5-6-14(13-20)18-16-8-7-15(12-17(16)21(22)23)29(26,27)19-9-3-2-4-10-19/h7-8,12,14,18H,2-6,9-11,13H2,1H3. The fourth-order valence-electron chi connectivity index (χ4n) is 3.78. The van der Waals surface area contributed by atoms with Crippen LogP contribution in [0.1, 0.15) is 32.1 Å². The van der Waals surface area contributed by atoms with Gasteiger partial charge in [0.25, 0.3) is 5.69 Å². The normalized spacial score (nSPS) is 22.3. The molecule has 3 rings (SSSR count). The van der Waals surface area contributed by atoms with Gasteiger partial charge < -0.3 is 5.32 Å². The van der Waals surface area contributed by atoms with Crippen LogP contribution in [0.15, 0.2) is 23.1 Å². The number of piperidine rings is 2. The molecule has 0 spiro atoms. The van der Waals surface area contributed by atoms with Gasteiger partial charge in [-0.15, -0.1) is 0 Å². The van der Waals surface area contributed by atoms with E-state index >= 15 is 0 Å². The summed E-state index contributed by atoms with van der Waals surface area (Å²) in [5, 5.41) is 14.6. The number of benzene rings is 1. The van der Waals surface area contributed by atoms with Gasteiger partial charge in [-0.3, -0.25) is 10.1 Å². The highest BCUT2D eigenvalue weighted by atomic mass is 32.2. The highest BCUT2D eigenvalue weighted by Crippen LogP contribution is 2.31. The molecule has 1 aromatic carbocycles. The van der Waals surface area contributed by atoms with Crippen LogP contribution in [0.3, 0.4) is 0 Å². The average molecular weight is 447 g/mol. The molecule has 2 aliphatic rings. The van der Waals surface area contributed by atoms with Gasteiger partial charge in [0.15, 0.2) is 0 Å². The zero-order chi connectivity index (χ0) is 21.2. The molecular weight excluding hydrogens is 420 g/mol. The Labute approximate surface area is 171 Å². The van der Waals surface area contributed by atoms with Crippen molar-refractivity contribution in [3.63, 3.8) is 0 Å². The van der Waals surface area contributed by atoms with Crippen molar-refractivity contribution in [3.05, 3.63) is 28.3 Å². The van der Waals surface area contributed by atoms with E-state index in [9.17, 15) is 26.9 Å². The van der Waals surface area contributed by atoms with Crippen LogP contribution in [0.2, 0.25) is 0 Å². The molecule has 1 atom stereocenters. The first-order valence-electron chi connectivity index (χ1n) is 9.59. The van der Waals surface area contributed by atoms with Crippen LogP contribution >= 0.6 is 0 Å². The van der Waals surface area contributed by atoms with Crippen LogP contribution in [0, 0.1) is 10.1 Å². The SMILES string of the molecule is CS(=O)(=O)N1CCCC(Nc2ccc(S(=O)(=O)N3CCCCC3)cc2[N+](=O)[O-])C1. The molecule has 1 aromatic rings. The minimum Gasteiger partial charge on any atom is -0.375 e.